The molecule has 1 aromatic heterocycles. The monoisotopic (exact) mass is 448 g/mol. The van der Waals surface area contributed by atoms with Crippen LogP contribution in [0.4, 0.5) is 16.6 Å². The van der Waals surface area contributed by atoms with Crippen molar-refractivity contribution in [1.29, 1.82) is 0 Å². The molecule has 0 saturated carbocycles. The third-order valence-electron chi connectivity index (χ3n) is 5.61. The van der Waals surface area contributed by atoms with Crippen molar-refractivity contribution in [3.8, 4) is 0 Å². The molecule has 0 unspecified atom stereocenters. The summed E-state index contributed by atoms with van der Waals surface area (Å²) in [6, 6.07) is 1.73. The van der Waals surface area contributed by atoms with Gasteiger partial charge in [0.05, 0.1) is 0 Å². The average molecular weight is 449 g/mol. The van der Waals surface area contributed by atoms with Gasteiger partial charge in [0.2, 0.25) is 5.95 Å². The Morgan fingerprint density at radius 3 is 2.66 bits per heavy atom. The van der Waals surface area contributed by atoms with E-state index >= 15 is 0 Å². The van der Waals surface area contributed by atoms with E-state index in [1.54, 1.807) is 11.0 Å². The Labute approximate surface area is 189 Å². The molecule has 0 aromatic carbocycles. The van der Waals surface area contributed by atoms with E-state index in [4.69, 9.17) is 15.5 Å². The zero-order chi connectivity index (χ0) is 23.5. The number of carbonyl (C=O) groups is 1. The van der Waals surface area contributed by atoms with Gasteiger partial charge in [-0.1, -0.05) is 5.16 Å². The summed E-state index contributed by atoms with van der Waals surface area (Å²) in [6.45, 7) is 11.2. The van der Waals surface area contributed by atoms with Crippen molar-refractivity contribution in [2.24, 2.45) is 16.8 Å². The maximum atomic E-state index is 12.2. The largest absolute Gasteiger partial charge is 0.444 e. The first-order chi connectivity index (χ1) is 15.1. The lowest BCUT2D eigenvalue weighted by Crippen LogP contribution is -2.54. The molecule has 3 N–H and O–H groups in total. The van der Waals surface area contributed by atoms with Crippen LogP contribution in [0.2, 0.25) is 0 Å². The molecule has 0 radical (unpaired) electrons. The summed E-state index contributed by atoms with van der Waals surface area (Å²) in [5.41, 5.74) is 5.75. The molecule has 1 amide bonds. The Balaban J connectivity index is 1.69. The number of ether oxygens (including phenoxy) is 1. The van der Waals surface area contributed by atoms with Gasteiger partial charge >= 0.3 is 6.09 Å². The molecule has 11 nitrogen and oxygen atoms in total. The maximum Gasteiger partial charge on any atom is 0.410 e. The SMILES string of the molecule is CN1CCCN(c2nc(/C(N)=N/O)cc(N(C)CC3CN(C(=O)OC(C)(C)C)C3)n2)CC1. The van der Waals surface area contributed by atoms with Crippen molar-refractivity contribution in [1.82, 2.24) is 19.8 Å². The number of amides is 1. The predicted octanol–water partition coefficient (Wildman–Crippen LogP) is 1.02. The van der Waals surface area contributed by atoms with Crippen LogP contribution in [0, 0.1) is 5.92 Å². The van der Waals surface area contributed by atoms with Crippen molar-refractivity contribution >= 4 is 23.7 Å². The van der Waals surface area contributed by atoms with Crippen molar-refractivity contribution in [2.75, 3.05) is 69.7 Å². The van der Waals surface area contributed by atoms with Gasteiger partial charge in [-0.2, -0.15) is 4.98 Å². The molecular formula is C21H36N8O3. The topological polar surface area (TPSA) is 124 Å². The van der Waals surface area contributed by atoms with Crippen LogP contribution < -0.4 is 15.5 Å². The third kappa shape index (κ3) is 6.12. The van der Waals surface area contributed by atoms with Crippen LogP contribution in [-0.4, -0.2) is 102 Å². The van der Waals surface area contributed by atoms with Crippen LogP contribution in [0.25, 0.3) is 0 Å². The lowest BCUT2D eigenvalue weighted by atomic mass is 10.0. The molecule has 1 aromatic rings. The Morgan fingerprint density at radius 1 is 1.28 bits per heavy atom. The molecule has 0 bridgehead atoms. The van der Waals surface area contributed by atoms with Crippen LogP contribution in [0.1, 0.15) is 32.9 Å². The summed E-state index contributed by atoms with van der Waals surface area (Å²) in [6.07, 6.45) is 0.739. The van der Waals surface area contributed by atoms with Crippen molar-refractivity contribution < 1.29 is 14.7 Å². The summed E-state index contributed by atoms with van der Waals surface area (Å²) >= 11 is 0. The lowest BCUT2D eigenvalue weighted by Gasteiger charge is -2.41. The van der Waals surface area contributed by atoms with Gasteiger partial charge in [0.25, 0.3) is 0 Å². The fourth-order valence-electron chi connectivity index (χ4n) is 3.83. The molecule has 0 spiro atoms. The minimum Gasteiger partial charge on any atom is -0.444 e. The van der Waals surface area contributed by atoms with Gasteiger partial charge in [-0.25, -0.2) is 9.78 Å². The number of nitrogens with zero attached hydrogens (tertiary/aromatic N) is 7. The molecule has 2 fully saturated rings. The zero-order valence-corrected chi connectivity index (χ0v) is 19.8. The first-order valence-corrected chi connectivity index (χ1v) is 11.1. The van der Waals surface area contributed by atoms with E-state index in [2.05, 4.69) is 27.0 Å². The molecular weight excluding hydrogens is 412 g/mol. The van der Waals surface area contributed by atoms with Crippen LogP contribution >= 0.6 is 0 Å². The smallest absolute Gasteiger partial charge is 0.410 e. The Morgan fingerprint density at radius 2 is 2.00 bits per heavy atom. The lowest BCUT2D eigenvalue weighted by molar-refractivity contribution is 0.000176. The highest BCUT2D eigenvalue weighted by atomic mass is 16.6. The predicted molar refractivity (Wildman–Crippen MR) is 123 cm³/mol. The number of carbonyl (C=O) groups excluding carboxylic acids is 1. The van der Waals surface area contributed by atoms with E-state index < -0.39 is 5.60 Å². The van der Waals surface area contributed by atoms with Gasteiger partial charge < -0.3 is 35.3 Å². The maximum absolute atomic E-state index is 12.2. The molecule has 2 aliphatic heterocycles. The van der Waals surface area contributed by atoms with E-state index in [-0.39, 0.29) is 11.9 Å². The highest BCUT2D eigenvalue weighted by Gasteiger charge is 2.34. The zero-order valence-electron chi connectivity index (χ0n) is 19.8. The number of hydrogen-bond donors (Lipinski definition) is 2. The van der Waals surface area contributed by atoms with Gasteiger partial charge in [0.1, 0.15) is 17.1 Å². The van der Waals surface area contributed by atoms with Gasteiger partial charge in [0.15, 0.2) is 5.84 Å². The molecule has 178 valence electrons. The number of aromatic nitrogens is 2. The first-order valence-electron chi connectivity index (χ1n) is 11.1. The minimum absolute atomic E-state index is 0.0463. The average Bonchev–Trinajstić information content (AvgIpc) is 2.92. The van der Waals surface area contributed by atoms with E-state index in [9.17, 15) is 10.0 Å². The number of amidine groups is 1. The second-order valence-electron chi connectivity index (χ2n) is 9.67. The molecule has 2 aliphatic rings. The summed E-state index contributed by atoms with van der Waals surface area (Å²) < 4.78 is 5.43. The van der Waals surface area contributed by atoms with E-state index in [0.29, 0.717) is 43.0 Å². The number of likely N-dealkylation sites (N-methyl/N-ethyl adjacent to an activating group) is 1. The number of nitrogens with two attached hydrogens (primary N) is 1. The van der Waals surface area contributed by atoms with Gasteiger partial charge in [0, 0.05) is 58.3 Å². The Kier molecular flexibility index (Phi) is 7.27. The van der Waals surface area contributed by atoms with Crippen LogP contribution in [0.3, 0.4) is 0 Å². The van der Waals surface area contributed by atoms with Crippen molar-refractivity contribution in [3.63, 3.8) is 0 Å². The van der Waals surface area contributed by atoms with Gasteiger partial charge in [-0.15, -0.1) is 0 Å². The van der Waals surface area contributed by atoms with Gasteiger partial charge in [-0.3, -0.25) is 0 Å². The van der Waals surface area contributed by atoms with Crippen LogP contribution in [0.15, 0.2) is 11.2 Å². The number of anilines is 2. The van der Waals surface area contributed by atoms with Crippen molar-refractivity contribution in [2.45, 2.75) is 32.8 Å². The highest BCUT2D eigenvalue weighted by molar-refractivity contribution is 5.96. The van der Waals surface area contributed by atoms with Crippen LogP contribution in [0.5, 0.6) is 0 Å². The fourth-order valence-corrected chi connectivity index (χ4v) is 3.83. The van der Waals surface area contributed by atoms with Gasteiger partial charge in [-0.05, 0) is 40.8 Å². The van der Waals surface area contributed by atoms with Crippen molar-refractivity contribution in [3.05, 3.63) is 11.8 Å². The highest BCUT2D eigenvalue weighted by Crippen LogP contribution is 2.23. The standard InChI is InChI=1S/C21H36N8O3/c1-21(2,3)32-20(30)29-13-15(14-29)12-27(5)17-11-16(18(22)25-31)23-19(24-17)28-8-6-7-26(4)9-10-28/h11,15,31H,6-10,12-14H2,1-5H3,(H2,22,25). The molecule has 3 heterocycles. The summed E-state index contributed by atoms with van der Waals surface area (Å²) in [5, 5.41) is 12.3. The molecule has 32 heavy (non-hydrogen) atoms. The third-order valence-corrected chi connectivity index (χ3v) is 5.61. The van der Waals surface area contributed by atoms with E-state index in [1.807, 2.05) is 32.7 Å². The minimum atomic E-state index is -0.497. The normalized spacial score (nSPS) is 18.8. The second kappa shape index (κ2) is 9.76. The summed E-state index contributed by atoms with van der Waals surface area (Å²) in [4.78, 5) is 29.7. The first kappa shape index (κ1) is 23.8. The molecule has 11 heteroatoms. The number of likely N-dealkylation sites (tertiary alicyclic amines) is 1. The van der Waals surface area contributed by atoms with E-state index in [0.717, 1.165) is 32.6 Å². The Hall–Kier alpha value is -2.82. The summed E-state index contributed by atoms with van der Waals surface area (Å²) in [5.74, 6) is 1.54. The number of rotatable bonds is 5. The quantitative estimate of drug-likeness (QED) is 0.294. The number of hydrogen-bond acceptors (Lipinski definition) is 9. The second-order valence-corrected chi connectivity index (χ2v) is 9.67. The fraction of sp³-hybridized carbons (Fsp3) is 0.714. The Bertz CT molecular complexity index is 835. The van der Waals surface area contributed by atoms with E-state index in [1.165, 1.54) is 0 Å². The van der Waals surface area contributed by atoms with Crippen LogP contribution in [-0.2, 0) is 4.74 Å². The summed E-state index contributed by atoms with van der Waals surface area (Å²) in [7, 11) is 4.06. The molecule has 3 rings (SSSR count). The molecule has 2 saturated heterocycles. The molecule has 0 atom stereocenters. The number of oxime groups is 1. The molecule has 0 aliphatic carbocycles.